The van der Waals surface area contributed by atoms with Gasteiger partial charge in [-0.15, -0.1) is 0 Å². The number of fused-ring (bicyclic) bond motifs is 1. The zero-order valence-corrected chi connectivity index (χ0v) is 15.9. The fourth-order valence-electron chi connectivity index (χ4n) is 3.10. The molecule has 142 valence electrons. The Hall–Kier alpha value is -3.11. The van der Waals surface area contributed by atoms with E-state index >= 15 is 0 Å². The van der Waals surface area contributed by atoms with Crippen molar-refractivity contribution in [2.45, 2.75) is 5.54 Å². The van der Waals surface area contributed by atoms with Gasteiger partial charge in [-0.25, -0.2) is 9.37 Å². The van der Waals surface area contributed by atoms with Gasteiger partial charge < -0.3 is 16.0 Å². The van der Waals surface area contributed by atoms with Gasteiger partial charge in [-0.1, -0.05) is 28.1 Å². The molecule has 3 aromatic rings. The van der Waals surface area contributed by atoms with Crippen LogP contribution in [0.25, 0.3) is 11.0 Å². The minimum absolute atomic E-state index is 0.0223. The molecule has 0 radical (unpaired) electrons. The molecule has 4 rings (SSSR count). The number of para-hydroxylation sites is 2. The van der Waals surface area contributed by atoms with Crippen LogP contribution in [0, 0.1) is 5.82 Å². The van der Waals surface area contributed by atoms with E-state index in [0.717, 1.165) is 0 Å². The summed E-state index contributed by atoms with van der Waals surface area (Å²) in [6, 6.07) is 11.3. The number of nitrogens with one attached hydrogen (secondary N) is 3. The summed E-state index contributed by atoms with van der Waals surface area (Å²) in [5.41, 5.74) is 4.93. The fraction of sp³-hybridized carbons (Fsp3) is 0.111. The number of benzene rings is 2. The molecular weight excluding hydrogens is 431 g/mol. The first-order valence-corrected chi connectivity index (χ1v) is 9.02. The van der Waals surface area contributed by atoms with Crippen LogP contribution in [0.5, 0.6) is 0 Å². The average Bonchev–Trinajstić information content (AvgIpc) is 3.28. The van der Waals surface area contributed by atoms with Gasteiger partial charge in [0.05, 0.1) is 23.4 Å². The molecule has 10 heteroatoms. The maximum absolute atomic E-state index is 14.1. The van der Waals surface area contributed by atoms with E-state index in [-0.39, 0.29) is 23.9 Å². The molecule has 1 unspecified atom stereocenters. The Kier molecular flexibility index (Phi) is 4.44. The minimum atomic E-state index is -1.76. The van der Waals surface area contributed by atoms with E-state index in [4.69, 9.17) is 5.73 Å². The number of hydrogen-bond acceptors (Lipinski definition) is 5. The van der Waals surface area contributed by atoms with Gasteiger partial charge >= 0.3 is 0 Å². The lowest BCUT2D eigenvalue weighted by Crippen LogP contribution is -2.58. The van der Waals surface area contributed by atoms with Crippen molar-refractivity contribution in [3.05, 3.63) is 58.6 Å². The van der Waals surface area contributed by atoms with E-state index in [1.807, 2.05) is 0 Å². The Bertz CT molecular complexity index is 1110. The summed E-state index contributed by atoms with van der Waals surface area (Å²) in [7, 11) is 0. The van der Waals surface area contributed by atoms with Crippen LogP contribution in [0.1, 0.15) is 5.82 Å². The van der Waals surface area contributed by atoms with Crippen LogP contribution in [0.15, 0.2) is 51.9 Å². The molecule has 8 nitrogen and oxygen atoms in total. The number of aliphatic imine (C=N–C) groups is 1. The third kappa shape index (κ3) is 2.86. The summed E-state index contributed by atoms with van der Waals surface area (Å²) in [6.07, 6.45) is 0. The lowest BCUT2D eigenvalue weighted by molar-refractivity contribution is -0.123. The van der Waals surface area contributed by atoms with Gasteiger partial charge in [-0.2, -0.15) is 0 Å². The molecule has 0 spiro atoms. The lowest BCUT2D eigenvalue weighted by Gasteiger charge is -2.25. The Morgan fingerprint density at radius 3 is 2.75 bits per heavy atom. The standard InChI is InChI=1S/C18H14BrFN6O2/c19-9-5-6-11(10(20)7-9)24-15(27)14-18(16(21)28,23-8-22-14)17-25-12-3-1-2-4-13(12)26-17/h1-7,23H,8H2,(H2,21,28)(H,24,27)(H,25,26). The highest BCUT2D eigenvalue weighted by molar-refractivity contribution is 9.10. The molecule has 1 atom stereocenters. The van der Waals surface area contributed by atoms with Crippen molar-refractivity contribution in [1.29, 1.82) is 0 Å². The molecule has 2 aromatic carbocycles. The number of hydrogen-bond donors (Lipinski definition) is 4. The second kappa shape index (κ2) is 6.80. The van der Waals surface area contributed by atoms with Gasteiger partial charge in [0.15, 0.2) is 0 Å². The highest BCUT2D eigenvalue weighted by Crippen LogP contribution is 2.28. The molecule has 1 aliphatic heterocycles. The van der Waals surface area contributed by atoms with Crippen LogP contribution in [-0.4, -0.2) is 34.2 Å². The Labute approximate surface area is 166 Å². The number of nitrogens with two attached hydrogens (primary N) is 1. The average molecular weight is 445 g/mol. The first kappa shape index (κ1) is 18.3. The Morgan fingerprint density at radius 2 is 2.04 bits per heavy atom. The first-order chi connectivity index (χ1) is 13.4. The molecule has 0 saturated heterocycles. The number of primary amides is 1. The predicted molar refractivity (Wildman–Crippen MR) is 105 cm³/mol. The summed E-state index contributed by atoms with van der Waals surface area (Å²) in [4.78, 5) is 36.8. The van der Waals surface area contributed by atoms with E-state index in [2.05, 4.69) is 41.5 Å². The van der Waals surface area contributed by atoms with Gasteiger partial charge in [-0.05, 0) is 30.3 Å². The van der Waals surface area contributed by atoms with Crippen molar-refractivity contribution >= 4 is 50.2 Å². The van der Waals surface area contributed by atoms with Crippen molar-refractivity contribution in [2.75, 3.05) is 12.0 Å². The van der Waals surface area contributed by atoms with Crippen LogP contribution in [0.4, 0.5) is 10.1 Å². The number of aromatic nitrogens is 2. The van der Waals surface area contributed by atoms with Crippen molar-refractivity contribution < 1.29 is 14.0 Å². The maximum atomic E-state index is 14.1. The third-order valence-corrected chi connectivity index (χ3v) is 4.94. The number of carbonyl (C=O) groups excluding carboxylic acids is 2. The molecule has 28 heavy (non-hydrogen) atoms. The van der Waals surface area contributed by atoms with E-state index < -0.39 is 23.2 Å². The number of rotatable bonds is 4. The fourth-order valence-corrected chi connectivity index (χ4v) is 3.43. The van der Waals surface area contributed by atoms with Gasteiger partial charge in [0.2, 0.25) is 5.54 Å². The predicted octanol–water partition coefficient (Wildman–Crippen LogP) is 1.79. The van der Waals surface area contributed by atoms with E-state index in [1.54, 1.807) is 30.3 Å². The smallest absolute Gasteiger partial charge is 0.272 e. The number of amides is 2. The van der Waals surface area contributed by atoms with Gasteiger partial charge in [0.25, 0.3) is 11.8 Å². The molecule has 1 aromatic heterocycles. The monoisotopic (exact) mass is 444 g/mol. The topological polar surface area (TPSA) is 125 Å². The number of H-pyrrole nitrogens is 1. The SMILES string of the molecule is NC(=O)C1(c2nc3ccccc3[nH]2)NCN=C1C(=O)Nc1ccc(Br)cc1F. The largest absolute Gasteiger partial charge is 0.367 e. The number of carbonyl (C=O) groups is 2. The normalized spacial score (nSPS) is 18.9. The Balaban J connectivity index is 1.74. The quantitative estimate of drug-likeness (QED) is 0.489. The molecule has 0 bridgehead atoms. The number of aromatic amines is 1. The molecule has 0 saturated carbocycles. The highest BCUT2D eigenvalue weighted by atomic mass is 79.9. The number of anilines is 1. The zero-order valence-electron chi connectivity index (χ0n) is 14.3. The molecule has 0 fully saturated rings. The Morgan fingerprint density at radius 1 is 1.25 bits per heavy atom. The van der Waals surface area contributed by atoms with Gasteiger partial charge in [0.1, 0.15) is 17.4 Å². The van der Waals surface area contributed by atoms with Crippen LogP contribution in [0.2, 0.25) is 0 Å². The molecule has 1 aliphatic rings. The summed E-state index contributed by atoms with van der Waals surface area (Å²) < 4.78 is 14.6. The van der Waals surface area contributed by atoms with E-state index in [1.165, 1.54) is 12.1 Å². The van der Waals surface area contributed by atoms with Crippen molar-refractivity contribution in [1.82, 2.24) is 15.3 Å². The van der Waals surface area contributed by atoms with Gasteiger partial charge in [0, 0.05) is 4.47 Å². The lowest BCUT2D eigenvalue weighted by atomic mass is 9.91. The molecule has 2 amide bonds. The van der Waals surface area contributed by atoms with Gasteiger partial charge in [-0.3, -0.25) is 19.9 Å². The highest BCUT2D eigenvalue weighted by Gasteiger charge is 2.52. The second-order valence-corrected chi connectivity index (χ2v) is 7.05. The number of halogens is 2. The van der Waals surface area contributed by atoms with Crippen LogP contribution in [0.3, 0.4) is 0 Å². The number of imidazole rings is 1. The zero-order chi connectivity index (χ0) is 19.9. The van der Waals surface area contributed by atoms with Crippen LogP contribution in [-0.2, 0) is 15.1 Å². The number of nitrogens with zero attached hydrogens (tertiary/aromatic N) is 2. The van der Waals surface area contributed by atoms with Crippen molar-refractivity contribution in [3.8, 4) is 0 Å². The molecular formula is C18H14BrFN6O2. The molecule has 2 heterocycles. The van der Waals surface area contributed by atoms with E-state index in [9.17, 15) is 14.0 Å². The summed E-state index contributed by atoms with van der Waals surface area (Å²) in [5, 5.41) is 5.29. The third-order valence-electron chi connectivity index (χ3n) is 4.45. The maximum Gasteiger partial charge on any atom is 0.272 e. The van der Waals surface area contributed by atoms with E-state index in [0.29, 0.717) is 15.5 Å². The van der Waals surface area contributed by atoms with Crippen LogP contribution < -0.4 is 16.4 Å². The summed E-state index contributed by atoms with van der Waals surface area (Å²) >= 11 is 3.15. The minimum Gasteiger partial charge on any atom is -0.367 e. The molecule has 0 aliphatic carbocycles. The summed E-state index contributed by atoms with van der Waals surface area (Å²) in [6.45, 7) is -0.0223. The second-order valence-electron chi connectivity index (χ2n) is 6.14. The summed E-state index contributed by atoms with van der Waals surface area (Å²) in [5.74, 6) is -2.11. The van der Waals surface area contributed by atoms with Crippen LogP contribution >= 0.6 is 15.9 Å². The van der Waals surface area contributed by atoms with Crippen molar-refractivity contribution in [2.24, 2.45) is 10.7 Å². The van der Waals surface area contributed by atoms with Crippen molar-refractivity contribution in [3.63, 3.8) is 0 Å². The molecule has 5 N–H and O–H groups in total. The first-order valence-electron chi connectivity index (χ1n) is 8.23.